The first-order valence-corrected chi connectivity index (χ1v) is 6.46. The average Bonchev–Trinajstić information content (AvgIpc) is 2.75. The molecule has 0 fully saturated rings. The van der Waals surface area contributed by atoms with E-state index in [1.54, 1.807) is 5.38 Å². The standard InChI is InChI=1S/C10H7Cl2N3O2S/c11-7-1-5(2-13-8(7)12)9(16)14-3-6-4-18-10(17)15-6/h1-2,4H,3H2,(H,14,16)(H,15,17). The summed E-state index contributed by atoms with van der Waals surface area (Å²) in [5, 5.41) is 4.64. The monoisotopic (exact) mass is 303 g/mol. The van der Waals surface area contributed by atoms with Crippen LogP contribution in [-0.4, -0.2) is 15.9 Å². The van der Waals surface area contributed by atoms with Crippen molar-refractivity contribution in [1.82, 2.24) is 15.3 Å². The summed E-state index contributed by atoms with van der Waals surface area (Å²) in [6, 6.07) is 1.43. The fourth-order valence-corrected chi connectivity index (χ4v) is 2.07. The molecule has 0 aliphatic rings. The molecule has 0 saturated heterocycles. The zero-order chi connectivity index (χ0) is 13.1. The summed E-state index contributed by atoms with van der Waals surface area (Å²) in [5.41, 5.74) is 0.952. The Labute approximate surface area is 116 Å². The van der Waals surface area contributed by atoms with E-state index in [1.165, 1.54) is 12.3 Å². The molecular formula is C10H7Cl2N3O2S. The lowest BCUT2D eigenvalue weighted by atomic mass is 10.2. The number of aromatic nitrogens is 2. The third-order valence-electron chi connectivity index (χ3n) is 2.07. The lowest BCUT2D eigenvalue weighted by molar-refractivity contribution is 0.0950. The third-order valence-corrected chi connectivity index (χ3v) is 3.47. The van der Waals surface area contributed by atoms with Crippen LogP contribution >= 0.6 is 34.5 Å². The highest BCUT2D eigenvalue weighted by Crippen LogP contribution is 2.19. The molecule has 0 radical (unpaired) electrons. The smallest absolute Gasteiger partial charge is 0.304 e. The van der Waals surface area contributed by atoms with E-state index in [-0.39, 0.29) is 27.5 Å². The number of carbonyl (C=O) groups excluding carboxylic acids is 1. The summed E-state index contributed by atoms with van der Waals surface area (Å²) >= 11 is 12.4. The summed E-state index contributed by atoms with van der Waals surface area (Å²) < 4.78 is 0. The Morgan fingerprint density at radius 2 is 2.28 bits per heavy atom. The maximum absolute atomic E-state index is 11.7. The number of hydrogen-bond donors (Lipinski definition) is 2. The predicted molar refractivity (Wildman–Crippen MR) is 70.4 cm³/mol. The van der Waals surface area contributed by atoms with Gasteiger partial charge in [-0.15, -0.1) is 0 Å². The molecule has 1 amide bonds. The summed E-state index contributed by atoms with van der Waals surface area (Å²) in [7, 11) is 0. The second kappa shape index (κ2) is 5.51. The van der Waals surface area contributed by atoms with Crippen molar-refractivity contribution in [2.45, 2.75) is 6.54 Å². The molecule has 2 heterocycles. The summed E-state index contributed by atoms with van der Waals surface area (Å²) in [4.78, 5) is 28.8. The van der Waals surface area contributed by atoms with Crippen molar-refractivity contribution in [3.05, 3.63) is 48.7 Å². The van der Waals surface area contributed by atoms with E-state index in [1.807, 2.05) is 0 Å². The van der Waals surface area contributed by atoms with Crippen LogP contribution in [0.4, 0.5) is 0 Å². The van der Waals surface area contributed by atoms with Crippen LogP contribution in [0.25, 0.3) is 0 Å². The van der Waals surface area contributed by atoms with Gasteiger partial charge < -0.3 is 10.3 Å². The van der Waals surface area contributed by atoms with E-state index < -0.39 is 0 Å². The van der Waals surface area contributed by atoms with Crippen molar-refractivity contribution >= 4 is 40.4 Å². The quantitative estimate of drug-likeness (QED) is 0.852. The number of thiazole rings is 1. The highest BCUT2D eigenvalue weighted by molar-refractivity contribution is 7.07. The van der Waals surface area contributed by atoms with Crippen LogP contribution in [0.2, 0.25) is 10.2 Å². The first-order valence-electron chi connectivity index (χ1n) is 4.82. The molecule has 0 unspecified atom stereocenters. The highest BCUT2D eigenvalue weighted by atomic mass is 35.5. The molecule has 18 heavy (non-hydrogen) atoms. The van der Waals surface area contributed by atoms with Crippen molar-refractivity contribution in [1.29, 1.82) is 0 Å². The number of amides is 1. The van der Waals surface area contributed by atoms with E-state index in [4.69, 9.17) is 23.2 Å². The van der Waals surface area contributed by atoms with Gasteiger partial charge in [0.1, 0.15) is 5.15 Å². The largest absolute Gasteiger partial charge is 0.346 e. The van der Waals surface area contributed by atoms with Gasteiger partial charge in [-0.3, -0.25) is 9.59 Å². The van der Waals surface area contributed by atoms with Crippen LogP contribution in [0, 0.1) is 0 Å². The number of rotatable bonds is 3. The Hall–Kier alpha value is -1.37. The molecule has 0 spiro atoms. The zero-order valence-electron chi connectivity index (χ0n) is 8.87. The van der Waals surface area contributed by atoms with E-state index in [0.717, 1.165) is 11.3 Å². The SMILES string of the molecule is O=C(NCc1csc(=O)[nH]1)c1cnc(Cl)c(Cl)c1. The van der Waals surface area contributed by atoms with Gasteiger partial charge >= 0.3 is 4.87 Å². The fourth-order valence-electron chi connectivity index (χ4n) is 1.22. The van der Waals surface area contributed by atoms with Crippen molar-refractivity contribution in [3.8, 4) is 0 Å². The van der Waals surface area contributed by atoms with Crippen molar-refractivity contribution in [3.63, 3.8) is 0 Å². The van der Waals surface area contributed by atoms with Crippen molar-refractivity contribution < 1.29 is 4.79 Å². The van der Waals surface area contributed by atoms with Crippen LogP contribution in [0.15, 0.2) is 22.4 Å². The number of H-pyrrole nitrogens is 1. The van der Waals surface area contributed by atoms with Gasteiger partial charge in [0.25, 0.3) is 5.91 Å². The molecule has 2 N–H and O–H groups in total. The van der Waals surface area contributed by atoms with Crippen molar-refractivity contribution in [2.24, 2.45) is 0 Å². The van der Waals surface area contributed by atoms with Crippen LogP contribution in [0.5, 0.6) is 0 Å². The number of nitrogens with one attached hydrogen (secondary N) is 2. The van der Waals surface area contributed by atoms with Crippen LogP contribution in [-0.2, 0) is 6.54 Å². The number of halogens is 2. The summed E-state index contributed by atoms with van der Waals surface area (Å²) in [5.74, 6) is -0.340. The molecule has 0 aliphatic carbocycles. The maximum atomic E-state index is 11.7. The second-order valence-corrected chi connectivity index (χ2v) is 4.96. The van der Waals surface area contributed by atoms with Gasteiger partial charge in [-0.2, -0.15) is 0 Å². The fraction of sp³-hybridized carbons (Fsp3) is 0.100. The summed E-state index contributed by atoms with van der Waals surface area (Å²) in [6.45, 7) is 0.234. The minimum Gasteiger partial charge on any atom is -0.346 e. The number of aromatic amines is 1. The number of carbonyl (C=O) groups is 1. The van der Waals surface area contributed by atoms with Crippen molar-refractivity contribution in [2.75, 3.05) is 0 Å². The lowest BCUT2D eigenvalue weighted by Gasteiger charge is -2.04. The third kappa shape index (κ3) is 3.10. The van der Waals surface area contributed by atoms with Gasteiger partial charge in [0.05, 0.1) is 17.1 Å². The van der Waals surface area contributed by atoms with E-state index in [9.17, 15) is 9.59 Å². The van der Waals surface area contributed by atoms with Gasteiger partial charge in [0.2, 0.25) is 0 Å². The molecule has 2 aromatic rings. The molecular weight excluding hydrogens is 297 g/mol. The minimum absolute atomic E-state index is 0.149. The van der Waals surface area contributed by atoms with E-state index in [0.29, 0.717) is 11.3 Å². The van der Waals surface area contributed by atoms with Crippen LogP contribution < -0.4 is 10.2 Å². The van der Waals surface area contributed by atoms with Gasteiger partial charge in [0.15, 0.2) is 0 Å². The van der Waals surface area contributed by atoms with Gasteiger partial charge in [0, 0.05) is 17.3 Å². The molecule has 0 bridgehead atoms. The zero-order valence-corrected chi connectivity index (χ0v) is 11.2. The lowest BCUT2D eigenvalue weighted by Crippen LogP contribution is -2.23. The Morgan fingerprint density at radius 1 is 1.50 bits per heavy atom. The van der Waals surface area contributed by atoms with Gasteiger partial charge in [-0.1, -0.05) is 34.5 Å². The maximum Gasteiger partial charge on any atom is 0.304 e. The molecule has 5 nitrogen and oxygen atoms in total. The second-order valence-electron chi connectivity index (χ2n) is 3.35. The highest BCUT2D eigenvalue weighted by Gasteiger charge is 2.09. The molecule has 2 rings (SSSR count). The van der Waals surface area contributed by atoms with E-state index >= 15 is 0 Å². The molecule has 0 atom stereocenters. The Bertz CT molecular complexity index is 638. The Morgan fingerprint density at radius 3 is 2.89 bits per heavy atom. The molecule has 8 heteroatoms. The normalized spacial score (nSPS) is 10.3. The molecule has 0 aromatic carbocycles. The first-order chi connectivity index (χ1) is 8.56. The van der Waals surface area contributed by atoms with E-state index in [2.05, 4.69) is 15.3 Å². The number of hydrogen-bond acceptors (Lipinski definition) is 4. The van der Waals surface area contributed by atoms with Gasteiger partial charge in [-0.05, 0) is 6.07 Å². The Kier molecular flexibility index (Phi) is 4.00. The first kappa shape index (κ1) is 13.1. The molecule has 94 valence electrons. The van der Waals surface area contributed by atoms with Crippen LogP contribution in [0.3, 0.4) is 0 Å². The molecule has 0 saturated carbocycles. The Balaban J connectivity index is 2.03. The number of nitrogens with zero attached hydrogens (tertiary/aromatic N) is 1. The predicted octanol–water partition coefficient (Wildman–Crippen LogP) is 2.07. The molecule has 0 aliphatic heterocycles. The number of pyridine rings is 1. The van der Waals surface area contributed by atoms with Crippen LogP contribution in [0.1, 0.15) is 16.1 Å². The average molecular weight is 304 g/mol. The van der Waals surface area contributed by atoms with Gasteiger partial charge in [-0.25, -0.2) is 4.98 Å². The molecule has 2 aromatic heterocycles. The summed E-state index contributed by atoms with van der Waals surface area (Å²) in [6.07, 6.45) is 1.33. The minimum atomic E-state index is -0.340. The topological polar surface area (TPSA) is 74.8 Å².